The van der Waals surface area contributed by atoms with Gasteiger partial charge >= 0.3 is 11.9 Å². The van der Waals surface area contributed by atoms with Crippen molar-refractivity contribution in [1.29, 1.82) is 0 Å². The van der Waals surface area contributed by atoms with Gasteiger partial charge in [-0.15, -0.1) is 0 Å². The van der Waals surface area contributed by atoms with Gasteiger partial charge in [-0.25, -0.2) is 9.59 Å². The lowest BCUT2D eigenvalue weighted by atomic mass is 10.4. The van der Waals surface area contributed by atoms with Crippen LogP contribution in [0.3, 0.4) is 0 Å². The lowest BCUT2D eigenvalue weighted by molar-refractivity contribution is -0.131. The minimum Gasteiger partial charge on any atom is -0.478 e. The minimum atomic E-state index is -1.08. The Labute approximate surface area is 79.6 Å². The summed E-state index contributed by atoms with van der Waals surface area (Å²) in [6.45, 7) is 0. The van der Waals surface area contributed by atoms with Crippen molar-refractivity contribution >= 4 is 18.0 Å². The van der Waals surface area contributed by atoms with Crippen LogP contribution in [0.5, 0.6) is 0 Å². The Morgan fingerprint density at radius 1 is 1.50 bits per heavy atom. The monoisotopic (exact) mass is 196 g/mol. The minimum absolute atomic E-state index is 0.0394. The van der Waals surface area contributed by atoms with E-state index < -0.39 is 11.9 Å². The summed E-state index contributed by atoms with van der Waals surface area (Å²) in [5, 5.41) is 8.32. The molecule has 1 heterocycles. The topological polar surface area (TPSA) is 76.7 Å². The first kappa shape index (κ1) is 10.0. The molecule has 0 saturated carbocycles. The van der Waals surface area contributed by atoms with E-state index in [-0.39, 0.29) is 11.5 Å². The third-order valence-corrected chi connectivity index (χ3v) is 1.40. The molecule has 0 fully saturated rings. The molecule has 0 saturated heterocycles. The van der Waals surface area contributed by atoms with Crippen molar-refractivity contribution in [3.05, 3.63) is 29.7 Å². The number of hydrogen-bond donors (Lipinski definition) is 1. The molecular weight excluding hydrogens is 188 g/mol. The molecule has 5 nitrogen and oxygen atoms in total. The van der Waals surface area contributed by atoms with Crippen LogP contribution in [0.25, 0.3) is 6.08 Å². The third kappa shape index (κ3) is 2.48. The fraction of sp³-hybridized carbons (Fsp3) is 0.111. The number of rotatable bonds is 3. The van der Waals surface area contributed by atoms with Crippen LogP contribution in [0.2, 0.25) is 0 Å². The summed E-state index contributed by atoms with van der Waals surface area (Å²) in [5.74, 6) is -1.36. The molecule has 14 heavy (non-hydrogen) atoms. The number of carboxylic acid groups (broad SMARTS) is 1. The normalized spacial score (nSPS) is 10.4. The second kappa shape index (κ2) is 4.27. The maximum atomic E-state index is 10.9. The average Bonchev–Trinajstić information content (AvgIpc) is 2.62. The summed E-state index contributed by atoms with van der Waals surface area (Å²) in [5.41, 5.74) is 0. The van der Waals surface area contributed by atoms with E-state index in [0.717, 1.165) is 6.08 Å². The van der Waals surface area contributed by atoms with Gasteiger partial charge < -0.3 is 14.3 Å². The van der Waals surface area contributed by atoms with Crippen molar-refractivity contribution in [3.63, 3.8) is 0 Å². The zero-order valence-electron chi connectivity index (χ0n) is 7.39. The molecule has 74 valence electrons. The standard InChI is InChI=1S/C9H8O5/c1-13-9(12)7-4-2-6(14-7)3-5-8(10)11/h2-5H,1H3,(H,10,11)/b5-3+. The van der Waals surface area contributed by atoms with Crippen molar-refractivity contribution in [2.24, 2.45) is 0 Å². The van der Waals surface area contributed by atoms with E-state index in [9.17, 15) is 9.59 Å². The molecule has 0 bridgehead atoms. The molecule has 0 spiro atoms. The van der Waals surface area contributed by atoms with Gasteiger partial charge in [-0.1, -0.05) is 0 Å². The Kier molecular flexibility index (Phi) is 3.06. The molecule has 5 heteroatoms. The summed E-state index contributed by atoms with van der Waals surface area (Å²) < 4.78 is 9.36. The Hall–Kier alpha value is -2.04. The predicted molar refractivity (Wildman–Crippen MR) is 46.7 cm³/mol. The summed E-state index contributed by atoms with van der Waals surface area (Å²) >= 11 is 0. The van der Waals surface area contributed by atoms with Crippen molar-refractivity contribution < 1.29 is 23.8 Å². The van der Waals surface area contributed by atoms with Crippen LogP contribution < -0.4 is 0 Å². The first-order valence-electron chi connectivity index (χ1n) is 3.72. The zero-order valence-corrected chi connectivity index (χ0v) is 7.39. The Morgan fingerprint density at radius 2 is 2.21 bits per heavy atom. The molecule has 0 radical (unpaired) electrons. The second-order valence-corrected chi connectivity index (χ2v) is 2.37. The first-order valence-corrected chi connectivity index (χ1v) is 3.72. The van der Waals surface area contributed by atoms with E-state index in [2.05, 4.69) is 4.74 Å². The predicted octanol–water partition coefficient (Wildman–Crippen LogP) is 1.16. The average molecular weight is 196 g/mol. The maximum Gasteiger partial charge on any atom is 0.373 e. The van der Waals surface area contributed by atoms with Crippen molar-refractivity contribution in [1.82, 2.24) is 0 Å². The molecule has 1 aromatic heterocycles. The molecule has 0 unspecified atom stereocenters. The molecule has 1 aromatic rings. The van der Waals surface area contributed by atoms with E-state index in [0.29, 0.717) is 0 Å². The number of carbonyl (C=O) groups excluding carboxylic acids is 1. The molecule has 0 aromatic carbocycles. The highest BCUT2D eigenvalue weighted by Crippen LogP contribution is 2.10. The molecule has 0 aliphatic rings. The third-order valence-electron chi connectivity index (χ3n) is 1.40. The van der Waals surface area contributed by atoms with Crippen molar-refractivity contribution in [2.45, 2.75) is 0 Å². The van der Waals surface area contributed by atoms with Gasteiger partial charge in [-0.2, -0.15) is 0 Å². The number of esters is 1. The summed E-state index contributed by atoms with van der Waals surface area (Å²) in [7, 11) is 1.23. The highest BCUT2D eigenvalue weighted by atomic mass is 16.5. The van der Waals surface area contributed by atoms with E-state index in [1.165, 1.54) is 25.3 Å². The van der Waals surface area contributed by atoms with Crippen molar-refractivity contribution in [3.8, 4) is 0 Å². The van der Waals surface area contributed by atoms with Crippen LogP contribution in [-0.4, -0.2) is 24.2 Å². The Balaban J connectivity index is 2.78. The smallest absolute Gasteiger partial charge is 0.373 e. The number of carbonyl (C=O) groups is 2. The van der Waals surface area contributed by atoms with Crippen LogP contribution in [0, 0.1) is 0 Å². The van der Waals surface area contributed by atoms with Gasteiger partial charge in [0.2, 0.25) is 5.76 Å². The summed E-state index contributed by atoms with van der Waals surface area (Å²) in [6.07, 6.45) is 2.16. The second-order valence-electron chi connectivity index (χ2n) is 2.37. The fourth-order valence-corrected chi connectivity index (χ4v) is 0.806. The van der Waals surface area contributed by atoms with E-state index >= 15 is 0 Å². The molecule has 0 aliphatic carbocycles. The number of carboxylic acids is 1. The van der Waals surface area contributed by atoms with Crippen molar-refractivity contribution in [2.75, 3.05) is 7.11 Å². The summed E-state index contributed by atoms with van der Waals surface area (Å²) in [6, 6.07) is 2.89. The fourth-order valence-electron chi connectivity index (χ4n) is 0.806. The molecule has 0 atom stereocenters. The van der Waals surface area contributed by atoms with Crippen LogP contribution in [-0.2, 0) is 9.53 Å². The SMILES string of the molecule is COC(=O)c1ccc(/C=C/C(=O)O)o1. The van der Waals surface area contributed by atoms with Gasteiger partial charge in [0.25, 0.3) is 0 Å². The lowest BCUT2D eigenvalue weighted by Crippen LogP contribution is -1.98. The van der Waals surface area contributed by atoms with Gasteiger partial charge in [-0.05, 0) is 18.2 Å². The van der Waals surface area contributed by atoms with Gasteiger partial charge in [0.05, 0.1) is 7.11 Å². The van der Waals surface area contributed by atoms with Crippen LogP contribution in [0.15, 0.2) is 22.6 Å². The number of ether oxygens (including phenoxy) is 1. The van der Waals surface area contributed by atoms with Gasteiger partial charge in [0.1, 0.15) is 5.76 Å². The maximum absolute atomic E-state index is 10.9. The molecule has 1 rings (SSSR count). The number of methoxy groups -OCH3 is 1. The van der Waals surface area contributed by atoms with E-state index in [1.807, 2.05) is 0 Å². The van der Waals surface area contributed by atoms with Gasteiger partial charge in [-0.3, -0.25) is 0 Å². The highest BCUT2D eigenvalue weighted by molar-refractivity contribution is 5.87. The Bertz CT molecular complexity index is 374. The summed E-state index contributed by atoms with van der Waals surface area (Å²) in [4.78, 5) is 21.1. The van der Waals surface area contributed by atoms with Crippen LogP contribution in [0.1, 0.15) is 16.3 Å². The number of furan rings is 1. The Morgan fingerprint density at radius 3 is 2.79 bits per heavy atom. The molecular formula is C9H8O5. The van der Waals surface area contributed by atoms with Gasteiger partial charge in [0, 0.05) is 6.08 Å². The quantitative estimate of drug-likeness (QED) is 0.579. The molecule has 0 amide bonds. The highest BCUT2D eigenvalue weighted by Gasteiger charge is 2.09. The molecule has 0 aliphatic heterocycles. The first-order chi connectivity index (χ1) is 6.63. The zero-order chi connectivity index (χ0) is 10.6. The largest absolute Gasteiger partial charge is 0.478 e. The van der Waals surface area contributed by atoms with E-state index in [4.69, 9.17) is 9.52 Å². The number of aliphatic carboxylic acids is 1. The number of hydrogen-bond acceptors (Lipinski definition) is 4. The van der Waals surface area contributed by atoms with Gasteiger partial charge in [0.15, 0.2) is 0 Å². The molecule has 1 N–H and O–H groups in total. The lowest BCUT2D eigenvalue weighted by Gasteiger charge is -1.91. The van der Waals surface area contributed by atoms with Crippen LogP contribution >= 0.6 is 0 Å². The van der Waals surface area contributed by atoms with Crippen LogP contribution in [0.4, 0.5) is 0 Å². The van der Waals surface area contributed by atoms with E-state index in [1.54, 1.807) is 0 Å².